The van der Waals surface area contributed by atoms with E-state index in [4.69, 9.17) is 4.74 Å². The third-order valence-electron chi connectivity index (χ3n) is 4.14. The molecule has 124 valence electrons. The number of nitrogens with zero attached hydrogens (tertiary/aromatic N) is 1. The summed E-state index contributed by atoms with van der Waals surface area (Å²) in [6.45, 7) is 3.46. The SMILES string of the molecule is CCn1cc(C[As](C)C(=O)OCc2ccccc2)c2ccccc21. The summed E-state index contributed by atoms with van der Waals surface area (Å²) >= 11 is -1.72. The van der Waals surface area contributed by atoms with Gasteiger partial charge in [-0.05, 0) is 0 Å². The topological polar surface area (TPSA) is 31.2 Å². The number of ether oxygens (including phenoxy) is 1. The summed E-state index contributed by atoms with van der Waals surface area (Å²) in [4.78, 5) is 12.4. The van der Waals surface area contributed by atoms with E-state index in [0.717, 1.165) is 17.3 Å². The summed E-state index contributed by atoms with van der Waals surface area (Å²) < 4.78 is 7.78. The Morgan fingerprint density at radius 2 is 1.79 bits per heavy atom. The van der Waals surface area contributed by atoms with Gasteiger partial charge in [-0.15, -0.1) is 0 Å². The zero-order chi connectivity index (χ0) is 16.9. The molecule has 3 nitrogen and oxygen atoms in total. The molecule has 0 amide bonds. The normalized spacial score (nSPS) is 12.2. The minimum absolute atomic E-state index is 0.000294. The maximum absolute atomic E-state index is 12.4. The van der Waals surface area contributed by atoms with Crippen molar-refractivity contribution in [3.05, 3.63) is 71.9 Å². The number of para-hydroxylation sites is 1. The van der Waals surface area contributed by atoms with Gasteiger partial charge >= 0.3 is 147 Å². The van der Waals surface area contributed by atoms with Gasteiger partial charge in [0.25, 0.3) is 0 Å². The van der Waals surface area contributed by atoms with Crippen LogP contribution in [0.5, 0.6) is 0 Å². The number of hydrogen-bond donors (Lipinski definition) is 0. The summed E-state index contributed by atoms with van der Waals surface area (Å²) in [5.74, 6) is 0. The zero-order valence-corrected chi connectivity index (χ0v) is 16.0. The predicted octanol–water partition coefficient (Wildman–Crippen LogP) is 4.79. The van der Waals surface area contributed by atoms with E-state index in [1.165, 1.54) is 16.5 Å². The van der Waals surface area contributed by atoms with Crippen LogP contribution >= 0.6 is 0 Å². The molecule has 0 saturated heterocycles. The Kier molecular flexibility index (Phi) is 5.42. The number of aromatic nitrogens is 1. The molecule has 0 saturated carbocycles. The number of aryl methyl sites for hydroxylation is 1. The quantitative estimate of drug-likeness (QED) is 0.574. The summed E-state index contributed by atoms with van der Waals surface area (Å²) in [7, 11) is 0. The van der Waals surface area contributed by atoms with Crippen LogP contribution in [0.25, 0.3) is 10.9 Å². The molecule has 0 aliphatic heterocycles. The van der Waals surface area contributed by atoms with Crippen molar-refractivity contribution < 1.29 is 9.53 Å². The number of benzene rings is 2. The fourth-order valence-corrected chi connectivity index (χ4v) is 5.33. The van der Waals surface area contributed by atoms with Gasteiger partial charge < -0.3 is 0 Å². The molecular weight excluding hydrogens is 361 g/mol. The van der Waals surface area contributed by atoms with Crippen molar-refractivity contribution in [2.75, 3.05) is 0 Å². The second-order valence-corrected chi connectivity index (χ2v) is 10.2. The fourth-order valence-electron chi connectivity index (χ4n) is 2.86. The molecule has 1 aromatic heterocycles. The molecule has 3 aromatic rings. The van der Waals surface area contributed by atoms with Crippen molar-refractivity contribution in [1.29, 1.82) is 0 Å². The van der Waals surface area contributed by atoms with Gasteiger partial charge in [0.1, 0.15) is 0 Å². The van der Waals surface area contributed by atoms with Crippen molar-refractivity contribution in [2.24, 2.45) is 0 Å². The Morgan fingerprint density at radius 1 is 1.08 bits per heavy atom. The molecule has 0 spiro atoms. The van der Waals surface area contributed by atoms with Gasteiger partial charge in [-0.25, -0.2) is 0 Å². The molecule has 1 atom stereocenters. The van der Waals surface area contributed by atoms with Crippen LogP contribution < -0.4 is 0 Å². The fraction of sp³-hybridized carbons (Fsp3) is 0.250. The molecule has 0 N–H and O–H groups in total. The standard InChI is InChI=1S/C20H22AsNO2/c1-3-22-14-17(18-11-7-8-12-19(18)22)13-21(2)20(23)24-15-16-9-5-4-6-10-16/h4-12,14H,3,13,15H2,1-2H3. The van der Waals surface area contributed by atoms with Gasteiger partial charge in [0.05, 0.1) is 0 Å². The Labute approximate surface area is 147 Å². The molecule has 1 heterocycles. The van der Waals surface area contributed by atoms with Gasteiger partial charge in [0.15, 0.2) is 0 Å². The average molecular weight is 383 g/mol. The number of carbonyl (C=O) groups is 1. The number of fused-ring (bicyclic) bond motifs is 1. The van der Waals surface area contributed by atoms with Crippen molar-refractivity contribution in [2.45, 2.75) is 31.0 Å². The molecule has 0 radical (unpaired) electrons. The molecule has 0 fully saturated rings. The molecule has 0 bridgehead atoms. The average Bonchev–Trinajstić information content (AvgIpc) is 2.98. The van der Waals surface area contributed by atoms with Gasteiger partial charge in [0.2, 0.25) is 0 Å². The first kappa shape index (κ1) is 16.9. The molecule has 0 aliphatic rings. The number of carbonyl (C=O) groups excluding carboxylic acids is 1. The first-order valence-corrected chi connectivity index (χ1v) is 12.3. The van der Waals surface area contributed by atoms with E-state index < -0.39 is 14.7 Å². The monoisotopic (exact) mass is 383 g/mol. The number of hydrogen-bond acceptors (Lipinski definition) is 2. The second-order valence-electron chi connectivity index (χ2n) is 5.85. The number of rotatable bonds is 6. The summed E-state index contributed by atoms with van der Waals surface area (Å²) in [6, 6.07) is 18.3. The van der Waals surface area contributed by atoms with Gasteiger partial charge in [-0.2, -0.15) is 0 Å². The summed E-state index contributed by atoms with van der Waals surface area (Å²) in [6.07, 6.45) is 2.19. The van der Waals surface area contributed by atoms with Crippen LogP contribution in [0.3, 0.4) is 0 Å². The first-order valence-electron chi connectivity index (χ1n) is 8.17. The summed E-state index contributed by atoms with van der Waals surface area (Å²) in [5, 5.41) is 2.10. The third-order valence-corrected chi connectivity index (χ3v) is 7.42. The van der Waals surface area contributed by atoms with E-state index in [2.05, 4.69) is 47.7 Å². The maximum atomic E-state index is 12.4. The van der Waals surface area contributed by atoms with Crippen LogP contribution in [0, 0.1) is 0 Å². The molecule has 0 aliphatic carbocycles. The molecule has 1 unspecified atom stereocenters. The molecular formula is C20H22AsNO2. The van der Waals surface area contributed by atoms with Gasteiger partial charge in [-0.1, -0.05) is 0 Å². The molecule has 2 aromatic carbocycles. The van der Waals surface area contributed by atoms with E-state index >= 15 is 0 Å². The molecule has 4 heteroatoms. The third kappa shape index (κ3) is 3.73. The van der Waals surface area contributed by atoms with Gasteiger partial charge in [-0.3, -0.25) is 0 Å². The Morgan fingerprint density at radius 3 is 2.54 bits per heavy atom. The predicted molar refractivity (Wildman–Crippen MR) is 99.6 cm³/mol. The molecule has 3 rings (SSSR count). The zero-order valence-electron chi connectivity index (χ0n) is 14.1. The van der Waals surface area contributed by atoms with Crippen LogP contribution in [0.1, 0.15) is 18.1 Å². The van der Waals surface area contributed by atoms with Crippen molar-refractivity contribution >= 4 is 30.3 Å². The Hall–Kier alpha value is -1.99. The minimum atomic E-state index is -1.72. The first-order chi connectivity index (χ1) is 11.7. The van der Waals surface area contributed by atoms with Gasteiger partial charge in [0, 0.05) is 0 Å². The van der Waals surface area contributed by atoms with Crippen molar-refractivity contribution in [3.8, 4) is 0 Å². The second kappa shape index (κ2) is 7.72. The van der Waals surface area contributed by atoms with Crippen LogP contribution in [0.2, 0.25) is 5.71 Å². The van der Waals surface area contributed by atoms with Crippen LogP contribution in [-0.4, -0.2) is 24.0 Å². The van der Waals surface area contributed by atoms with E-state index in [0.29, 0.717) is 6.61 Å². The van der Waals surface area contributed by atoms with E-state index in [1.807, 2.05) is 30.3 Å². The van der Waals surface area contributed by atoms with Crippen LogP contribution in [-0.2, 0) is 23.1 Å². The summed E-state index contributed by atoms with van der Waals surface area (Å²) in [5.41, 5.74) is 5.63. The van der Waals surface area contributed by atoms with Crippen molar-refractivity contribution in [1.82, 2.24) is 4.57 Å². The Bertz CT molecular complexity index is 826. The van der Waals surface area contributed by atoms with Crippen LogP contribution in [0.15, 0.2) is 60.8 Å². The van der Waals surface area contributed by atoms with Crippen LogP contribution in [0.4, 0.5) is 4.79 Å². The van der Waals surface area contributed by atoms with E-state index in [-0.39, 0.29) is 4.76 Å². The molecule has 24 heavy (non-hydrogen) atoms. The Balaban J connectivity index is 1.68. The van der Waals surface area contributed by atoms with E-state index in [9.17, 15) is 4.79 Å². The van der Waals surface area contributed by atoms with Crippen molar-refractivity contribution in [3.63, 3.8) is 0 Å². The van der Waals surface area contributed by atoms with E-state index in [1.54, 1.807) is 0 Å².